The molecule has 3 aromatic rings. The quantitative estimate of drug-likeness (QED) is 0.676. The molecule has 21 heavy (non-hydrogen) atoms. The molecule has 2 heterocycles. The highest BCUT2D eigenvalue weighted by molar-refractivity contribution is 5.37. The van der Waals surface area contributed by atoms with Gasteiger partial charge in [0, 0.05) is 24.9 Å². The van der Waals surface area contributed by atoms with Crippen molar-refractivity contribution in [3.63, 3.8) is 0 Å². The molecule has 0 aliphatic carbocycles. The van der Waals surface area contributed by atoms with Crippen LogP contribution in [0.3, 0.4) is 0 Å². The van der Waals surface area contributed by atoms with E-state index in [2.05, 4.69) is 39.7 Å². The monoisotopic (exact) mass is 282 g/mol. The molecule has 1 aromatic carbocycles. The van der Waals surface area contributed by atoms with Gasteiger partial charge in [-0.2, -0.15) is 10.1 Å². The van der Waals surface area contributed by atoms with Crippen LogP contribution in [0.5, 0.6) is 5.88 Å². The molecular weight excluding hydrogens is 264 g/mol. The maximum absolute atomic E-state index is 5.64. The van der Waals surface area contributed by atoms with Crippen LogP contribution < -0.4 is 10.1 Å². The van der Waals surface area contributed by atoms with Crippen LogP contribution in [-0.2, 0) is 6.54 Å². The third-order valence-electron chi connectivity index (χ3n) is 3.15. The Labute approximate surface area is 123 Å². The molecule has 2 aromatic heterocycles. The normalized spacial score (nSPS) is 10.9. The smallest absolute Gasteiger partial charge is 0.216 e. The minimum Gasteiger partial charge on any atom is -0.478 e. The number of hydrogen-bond donors (Lipinski definition) is 1. The average molecular weight is 282 g/mol. The van der Waals surface area contributed by atoms with E-state index in [-0.39, 0.29) is 0 Å². The van der Waals surface area contributed by atoms with Crippen LogP contribution in [0.15, 0.2) is 54.9 Å². The summed E-state index contributed by atoms with van der Waals surface area (Å²) in [6, 6.07) is 14.1. The maximum Gasteiger partial charge on any atom is 0.216 e. The maximum atomic E-state index is 5.64. The summed E-state index contributed by atoms with van der Waals surface area (Å²) in [6.07, 6.45) is 4.52. The minimum atomic E-state index is 0.644. The van der Waals surface area contributed by atoms with Crippen LogP contribution >= 0.6 is 0 Å². The molecule has 0 saturated carbocycles. The lowest BCUT2D eigenvalue weighted by Gasteiger charge is -2.07. The van der Waals surface area contributed by atoms with Crippen LogP contribution in [0.4, 0.5) is 0 Å². The van der Waals surface area contributed by atoms with Crippen LogP contribution in [-0.4, -0.2) is 27.7 Å². The van der Waals surface area contributed by atoms with E-state index in [1.165, 1.54) is 5.56 Å². The fourth-order valence-corrected chi connectivity index (χ4v) is 2.08. The second-order valence-corrected chi connectivity index (χ2v) is 4.76. The largest absolute Gasteiger partial charge is 0.478 e. The van der Waals surface area contributed by atoms with E-state index < -0.39 is 0 Å². The van der Waals surface area contributed by atoms with E-state index in [0.717, 1.165) is 25.2 Å². The first-order valence-corrected chi connectivity index (χ1v) is 7.10. The number of nitrogens with zero attached hydrogens (tertiary/aromatic N) is 3. The number of aromatic nitrogens is 3. The third-order valence-corrected chi connectivity index (χ3v) is 3.15. The van der Waals surface area contributed by atoms with Crippen molar-refractivity contribution in [2.24, 2.45) is 0 Å². The lowest BCUT2D eigenvalue weighted by atomic mass is 10.2. The van der Waals surface area contributed by atoms with E-state index in [9.17, 15) is 0 Å². The predicted octanol–water partition coefficient (Wildman–Crippen LogP) is 2.29. The number of fused-ring (bicyclic) bond motifs is 1. The Hall–Kier alpha value is -2.40. The number of hydrogen-bond acceptors (Lipinski definition) is 4. The van der Waals surface area contributed by atoms with Crippen molar-refractivity contribution in [1.82, 2.24) is 19.9 Å². The first kappa shape index (κ1) is 13.6. The van der Waals surface area contributed by atoms with Crippen LogP contribution in [0.2, 0.25) is 0 Å². The molecule has 3 rings (SSSR count). The summed E-state index contributed by atoms with van der Waals surface area (Å²) in [4.78, 5) is 4.36. The Kier molecular flexibility index (Phi) is 4.43. The summed E-state index contributed by atoms with van der Waals surface area (Å²) >= 11 is 0. The van der Waals surface area contributed by atoms with Crippen molar-refractivity contribution in [3.05, 3.63) is 60.4 Å². The van der Waals surface area contributed by atoms with Gasteiger partial charge in [0.1, 0.15) is 0 Å². The van der Waals surface area contributed by atoms with Crippen LogP contribution in [0.1, 0.15) is 12.0 Å². The summed E-state index contributed by atoms with van der Waals surface area (Å²) in [5.41, 5.74) is 2.10. The second-order valence-electron chi connectivity index (χ2n) is 4.76. The summed E-state index contributed by atoms with van der Waals surface area (Å²) in [5, 5.41) is 7.50. The Morgan fingerprint density at radius 3 is 2.90 bits per heavy atom. The number of benzene rings is 1. The van der Waals surface area contributed by atoms with Crippen molar-refractivity contribution >= 4 is 5.65 Å². The number of nitrogens with one attached hydrogen (secondary N) is 1. The molecular formula is C16H18N4O. The van der Waals surface area contributed by atoms with Gasteiger partial charge in [0.05, 0.1) is 12.8 Å². The van der Waals surface area contributed by atoms with Gasteiger partial charge in [0.2, 0.25) is 5.88 Å². The van der Waals surface area contributed by atoms with Crippen molar-refractivity contribution in [2.45, 2.75) is 13.0 Å². The van der Waals surface area contributed by atoms with Crippen molar-refractivity contribution < 1.29 is 4.74 Å². The zero-order valence-corrected chi connectivity index (χ0v) is 11.8. The summed E-state index contributed by atoms with van der Waals surface area (Å²) in [6.45, 7) is 2.46. The fraction of sp³-hybridized carbons (Fsp3) is 0.250. The van der Waals surface area contributed by atoms with Crippen molar-refractivity contribution in [3.8, 4) is 5.88 Å². The molecule has 0 unspecified atom stereocenters. The second kappa shape index (κ2) is 6.85. The lowest BCUT2D eigenvalue weighted by Crippen LogP contribution is -2.17. The highest BCUT2D eigenvalue weighted by Gasteiger charge is 1.99. The molecule has 1 N–H and O–H groups in total. The van der Waals surface area contributed by atoms with E-state index in [1.54, 1.807) is 10.7 Å². The van der Waals surface area contributed by atoms with Gasteiger partial charge in [-0.3, -0.25) is 0 Å². The number of ether oxygens (including phenoxy) is 1. The molecule has 0 atom stereocenters. The van der Waals surface area contributed by atoms with Gasteiger partial charge in [-0.1, -0.05) is 30.3 Å². The van der Waals surface area contributed by atoms with Gasteiger partial charge >= 0.3 is 0 Å². The molecule has 0 aliphatic rings. The topological polar surface area (TPSA) is 51.5 Å². The molecule has 5 heteroatoms. The molecule has 0 spiro atoms. The summed E-state index contributed by atoms with van der Waals surface area (Å²) < 4.78 is 7.36. The highest BCUT2D eigenvalue weighted by Crippen LogP contribution is 2.08. The Morgan fingerprint density at radius 2 is 2.00 bits per heavy atom. The van der Waals surface area contributed by atoms with Gasteiger partial charge in [0.25, 0.3) is 0 Å². The SMILES string of the molecule is c1ccc(CNCCCOc2ccn3nccc3n2)cc1. The third kappa shape index (κ3) is 3.79. The summed E-state index contributed by atoms with van der Waals surface area (Å²) in [5.74, 6) is 0.644. The molecule has 0 fully saturated rings. The van der Waals surface area contributed by atoms with Gasteiger partial charge in [-0.25, -0.2) is 4.52 Å². The predicted molar refractivity (Wildman–Crippen MR) is 81.2 cm³/mol. The standard InChI is InChI=1S/C16H18N4O/c1-2-5-14(6-3-1)13-17-9-4-12-21-16-8-11-20-15(19-16)7-10-18-20/h1-3,5-8,10-11,17H,4,9,12-13H2. The van der Waals surface area contributed by atoms with E-state index in [0.29, 0.717) is 12.5 Å². The summed E-state index contributed by atoms with van der Waals surface area (Å²) in [7, 11) is 0. The van der Waals surface area contributed by atoms with Crippen molar-refractivity contribution in [1.29, 1.82) is 0 Å². The van der Waals surface area contributed by atoms with Gasteiger partial charge < -0.3 is 10.1 Å². The highest BCUT2D eigenvalue weighted by atomic mass is 16.5. The average Bonchev–Trinajstić information content (AvgIpc) is 2.99. The van der Waals surface area contributed by atoms with Crippen LogP contribution in [0.25, 0.3) is 5.65 Å². The Balaban J connectivity index is 1.36. The minimum absolute atomic E-state index is 0.644. The fourth-order valence-electron chi connectivity index (χ4n) is 2.08. The molecule has 0 aliphatic heterocycles. The van der Waals surface area contributed by atoms with Gasteiger partial charge in [0.15, 0.2) is 5.65 Å². The van der Waals surface area contributed by atoms with E-state index in [4.69, 9.17) is 4.74 Å². The zero-order valence-electron chi connectivity index (χ0n) is 11.8. The molecule has 108 valence electrons. The molecule has 0 amide bonds. The Bertz CT molecular complexity index is 681. The number of rotatable bonds is 7. The molecule has 0 radical (unpaired) electrons. The van der Waals surface area contributed by atoms with Gasteiger partial charge in [-0.05, 0) is 18.5 Å². The van der Waals surface area contributed by atoms with E-state index in [1.807, 2.05) is 24.4 Å². The van der Waals surface area contributed by atoms with Crippen molar-refractivity contribution in [2.75, 3.05) is 13.2 Å². The zero-order chi connectivity index (χ0) is 14.3. The Morgan fingerprint density at radius 1 is 1.10 bits per heavy atom. The molecule has 0 saturated heterocycles. The lowest BCUT2D eigenvalue weighted by molar-refractivity contribution is 0.297. The molecule has 0 bridgehead atoms. The first-order valence-electron chi connectivity index (χ1n) is 7.10. The molecule has 5 nitrogen and oxygen atoms in total. The van der Waals surface area contributed by atoms with Gasteiger partial charge in [-0.15, -0.1) is 0 Å². The first-order chi connectivity index (χ1) is 10.4. The van der Waals surface area contributed by atoms with E-state index >= 15 is 0 Å². The van der Waals surface area contributed by atoms with Crippen LogP contribution in [0, 0.1) is 0 Å².